The minimum absolute atomic E-state index is 0.0638. The quantitative estimate of drug-likeness (QED) is 0.651. The van der Waals surface area contributed by atoms with Crippen LogP contribution in [0.5, 0.6) is 5.75 Å². The summed E-state index contributed by atoms with van der Waals surface area (Å²) in [6.45, 7) is 1.32. The third-order valence-electron chi connectivity index (χ3n) is 2.27. The monoisotopic (exact) mass is 240 g/mol. The van der Waals surface area contributed by atoms with Crippen LogP contribution in [0.1, 0.15) is 12.5 Å². The first-order valence-corrected chi connectivity index (χ1v) is 4.98. The summed E-state index contributed by atoms with van der Waals surface area (Å²) >= 11 is 5.92. The highest BCUT2D eigenvalue weighted by atomic mass is 35.5. The number of nitrogens with one attached hydrogen (secondary N) is 2. The molecule has 0 radical (unpaired) electrons. The Kier molecular flexibility index (Phi) is 2.47. The van der Waals surface area contributed by atoms with E-state index in [9.17, 15) is 14.7 Å². The highest BCUT2D eigenvalue weighted by molar-refractivity contribution is 6.35. The molecule has 84 valence electrons. The SMILES string of the molecule is CC(=O)Nc1cc(Cl)c2c(c1O)CC(=O)N2. The summed E-state index contributed by atoms with van der Waals surface area (Å²) in [5.41, 5.74) is 1.05. The van der Waals surface area contributed by atoms with E-state index < -0.39 is 0 Å². The largest absolute Gasteiger partial charge is 0.505 e. The summed E-state index contributed by atoms with van der Waals surface area (Å²) in [5.74, 6) is -0.663. The van der Waals surface area contributed by atoms with Crippen LogP contribution in [-0.4, -0.2) is 16.9 Å². The van der Waals surface area contributed by atoms with Gasteiger partial charge in [-0.1, -0.05) is 11.6 Å². The molecule has 0 saturated carbocycles. The molecule has 2 rings (SSSR count). The van der Waals surface area contributed by atoms with E-state index in [0.717, 1.165) is 0 Å². The Morgan fingerprint density at radius 3 is 2.94 bits per heavy atom. The van der Waals surface area contributed by atoms with Crippen LogP contribution in [0.25, 0.3) is 0 Å². The van der Waals surface area contributed by atoms with Gasteiger partial charge in [0.25, 0.3) is 0 Å². The molecular weight excluding hydrogens is 232 g/mol. The molecule has 1 aliphatic heterocycles. The van der Waals surface area contributed by atoms with Gasteiger partial charge >= 0.3 is 0 Å². The van der Waals surface area contributed by atoms with Crippen molar-refractivity contribution in [3.05, 3.63) is 16.7 Å². The van der Waals surface area contributed by atoms with Crippen LogP contribution < -0.4 is 10.6 Å². The van der Waals surface area contributed by atoms with Crippen molar-refractivity contribution < 1.29 is 14.7 Å². The Morgan fingerprint density at radius 2 is 2.31 bits per heavy atom. The summed E-state index contributed by atoms with van der Waals surface area (Å²) in [5, 5.41) is 15.1. The lowest BCUT2D eigenvalue weighted by Gasteiger charge is -2.10. The molecule has 16 heavy (non-hydrogen) atoms. The first kappa shape index (κ1) is 10.8. The number of phenolic OH excluding ortho intramolecular Hbond substituents is 1. The van der Waals surface area contributed by atoms with Crippen molar-refractivity contribution in [2.24, 2.45) is 0 Å². The van der Waals surface area contributed by atoms with Gasteiger partial charge in [-0.15, -0.1) is 0 Å². The topological polar surface area (TPSA) is 78.4 Å². The molecule has 0 fully saturated rings. The molecule has 0 bridgehead atoms. The Labute approximate surface area is 96.4 Å². The zero-order chi connectivity index (χ0) is 11.9. The van der Waals surface area contributed by atoms with E-state index in [1.807, 2.05) is 0 Å². The average molecular weight is 241 g/mol. The van der Waals surface area contributed by atoms with Gasteiger partial charge in [0.05, 0.1) is 22.8 Å². The van der Waals surface area contributed by atoms with Gasteiger partial charge in [-0.3, -0.25) is 9.59 Å². The number of hydrogen-bond donors (Lipinski definition) is 3. The molecule has 1 aromatic carbocycles. The summed E-state index contributed by atoms with van der Waals surface area (Å²) in [6, 6.07) is 1.41. The summed E-state index contributed by atoms with van der Waals surface area (Å²) in [6.07, 6.45) is 0.0638. The Balaban J connectivity index is 2.52. The first-order chi connectivity index (χ1) is 7.49. The average Bonchev–Trinajstić information content (AvgIpc) is 2.56. The van der Waals surface area contributed by atoms with Gasteiger partial charge in [0, 0.05) is 12.5 Å². The van der Waals surface area contributed by atoms with E-state index >= 15 is 0 Å². The summed E-state index contributed by atoms with van der Waals surface area (Å²) < 4.78 is 0. The number of benzene rings is 1. The molecule has 0 spiro atoms. The lowest BCUT2D eigenvalue weighted by molar-refractivity contribution is -0.115. The highest BCUT2D eigenvalue weighted by Crippen LogP contribution is 2.42. The van der Waals surface area contributed by atoms with Gasteiger partial charge in [0.15, 0.2) is 0 Å². The fraction of sp³-hybridized carbons (Fsp3) is 0.200. The van der Waals surface area contributed by atoms with Crippen LogP contribution >= 0.6 is 11.6 Å². The fourth-order valence-corrected chi connectivity index (χ4v) is 1.90. The lowest BCUT2D eigenvalue weighted by Crippen LogP contribution is -2.06. The fourth-order valence-electron chi connectivity index (χ4n) is 1.63. The second kappa shape index (κ2) is 3.68. The van der Waals surface area contributed by atoms with Crippen molar-refractivity contribution in [3.63, 3.8) is 0 Å². The molecule has 3 N–H and O–H groups in total. The number of hydrogen-bond acceptors (Lipinski definition) is 3. The molecule has 0 atom stereocenters. The van der Waals surface area contributed by atoms with Gasteiger partial charge in [-0.25, -0.2) is 0 Å². The minimum Gasteiger partial charge on any atom is -0.505 e. The number of aromatic hydroxyl groups is 1. The van der Waals surface area contributed by atoms with Crippen LogP contribution in [0.4, 0.5) is 11.4 Å². The van der Waals surface area contributed by atoms with E-state index in [4.69, 9.17) is 11.6 Å². The molecule has 6 heteroatoms. The Morgan fingerprint density at radius 1 is 1.62 bits per heavy atom. The van der Waals surface area contributed by atoms with Gasteiger partial charge in [0.1, 0.15) is 5.75 Å². The highest BCUT2D eigenvalue weighted by Gasteiger charge is 2.26. The number of fused-ring (bicyclic) bond motifs is 1. The number of halogens is 1. The number of amides is 2. The number of anilines is 2. The lowest BCUT2D eigenvalue weighted by atomic mass is 10.1. The van der Waals surface area contributed by atoms with Crippen molar-refractivity contribution in [2.45, 2.75) is 13.3 Å². The van der Waals surface area contributed by atoms with E-state index in [1.165, 1.54) is 13.0 Å². The van der Waals surface area contributed by atoms with Gasteiger partial charge in [0.2, 0.25) is 11.8 Å². The van der Waals surface area contributed by atoms with Gasteiger partial charge < -0.3 is 15.7 Å². The van der Waals surface area contributed by atoms with Crippen LogP contribution in [-0.2, 0) is 16.0 Å². The predicted molar refractivity (Wildman–Crippen MR) is 59.8 cm³/mol. The maximum Gasteiger partial charge on any atom is 0.229 e. The molecule has 1 aromatic rings. The Bertz CT molecular complexity index is 499. The molecule has 2 amide bonds. The maximum atomic E-state index is 11.2. The van der Waals surface area contributed by atoms with Crippen LogP contribution in [0.15, 0.2) is 6.07 Å². The molecule has 0 saturated heterocycles. The molecule has 1 heterocycles. The number of rotatable bonds is 1. The second-order valence-corrected chi connectivity index (χ2v) is 3.92. The smallest absolute Gasteiger partial charge is 0.229 e. The van der Waals surface area contributed by atoms with Crippen LogP contribution in [0, 0.1) is 0 Å². The second-order valence-electron chi connectivity index (χ2n) is 3.51. The molecule has 1 aliphatic rings. The van der Waals surface area contributed by atoms with Crippen LogP contribution in [0.3, 0.4) is 0 Å². The molecule has 0 aromatic heterocycles. The summed E-state index contributed by atoms with van der Waals surface area (Å²) in [7, 11) is 0. The van der Waals surface area contributed by atoms with Crippen molar-refractivity contribution >= 4 is 34.8 Å². The van der Waals surface area contributed by atoms with Gasteiger partial charge in [-0.05, 0) is 6.07 Å². The van der Waals surface area contributed by atoms with E-state index in [2.05, 4.69) is 10.6 Å². The molecule has 5 nitrogen and oxygen atoms in total. The van der Waals surface area contributed by atoms with Crippen LogP contribution in [0.2, 0.25) is 5.02 Å². The zero-order valence-corrected chi connectivity index (χ0v) is 9.18. The van der Waals surface area contributed by atoms with E-state index in [-0.39, 0.29) is 29.7 Å². The van der Waals surface area contributed by atoms with Crippen molar-refractivity contribution in [1.82, 2.24) is 0 Å². The van der Waals surface area contributed by atoms with Gasteiger partial charge in [-0.2, -0.15) is 0 Å². The molecular formula is C10H9ClN2O3. The maximum absolute atomic E-state index is 11.2. The minimum atomic E-state index is -0.316. The molecule has 0 aliphatic carbocycles. The zero-order valence-electron chi connectivity index (χ0n) is 8.43. The van der Waals surface area contributed by atoms with E-state index in [1.54, 1.807) is 0 Å². The third kappa shape index (κ3) is 1.69. The molecule has 0 unspecified atom stereocenters. The van der Waals surface area contributed by atoms with Crippen molar-refractivity contribution in [3.8, 4) is 5.75 Å². The number of phenols is 1. The third-order valence-corrected chi connectivity index (χ3v) is 2.56. The van der Waals surface area contributed by atoms with Crippen molar-refractivity contribution in [1.29, 1.82) is 0 Å². The number of carbonyl (C=O) groups is 2. The Hall–Kier alpha value is -1.75. The first-order valence-electron chi connectivity index (χ1n) is 4.61. The van der Waals surface area contributed by atoms with Crippen molar-refractivity contribution in [2.75, 3.05) is 10.6 Å². The summed E-state index contributed by atoms with van der Waals surface area (Å²) in [4.78, 5) is 22.1. The van der Waals surface area contributed by atoms with E-state index in [0.29, 0.717) is 16.3 Å². The number of carbonyl (C=O) groups excluding carboxylic acids is 2. The normalized spacial score (nSPS) is 13.2. The predicted octanol–water partition coefficient (Wildman–Crippen LogP) is 1.50. The standard InChI is InChI=1S/C10H9ClN2O3/c1-4(14)12-7-3-6(11)9-5(10(7)16)2-8(15)13-9/h3,16H,2H2,1H3,(H,12,14)(H,13,15).